The summed E-state index contributed by atoms with van der Waals surface area (Å²) in [5.41, 5.74) is 0. The molecule has 16 heavy (non-hydrogen) atoms. The number of carbonyl (C=O) groups excluding carboxylic acids is 1. The molecule has 4 nitrogen and oxygen atoms in total. The lowest BCUT2D eigenvalue weighted by Gasteiger charge is -2.21. The summed E-state index contributed by atoms with van der Waals surface area (Å²) in [5, 5.41) is 4.56. The second kappa shape index (κ2) is 3.68. The highest BCUT2D eigenvalue weighted by molar-refractivity contribution is 5.82. The van der Waals surface area contributed by atoms with E-state index in [2.05, 4.69) is 10.1 Å². The molecule has 2 aliphatic rings. The number of rotatable bonds is 2. The van der Waals surface area contributed by atoms with E-state index >= 15 is 0 Å². The first kappa shape index (κ1) is 10.00. The Morgan fingerprint density at radius 1 is 1.31 bits per heavy atom. The summed E-state index contributed by atoms with van der Waals surface area (Å²) in [6, 6.07) is 0. The lowest BCUT2D eigenvalue weighted by atomic mass is 9.85. The van der Waals surface area contributed by atoms with Crippen molar-refractivity contribution in [2.24, 2.45) is 0 Å². The molecular weight excluding hydrogens is 202 g/mol. The molecule has 1 atom stereocenters. The minimum absolute atomic E-state index is 0.00456. The number of aromatic nitrogens is 3. The molecule has 0 saturated heterocycles. The smallest absolute Gasteiger partial charge is 0.154 e. The summed E-state index contributed by atoms with van der Waals surface area (Å²) < 4.78 is 1.96. The Morgan fingerprint density at radius 2 is 2.12 bits per heavy atom. The van der Waals surface area contributed by atoms with Gasteiger partial charge in [0.15, 0.2) is 5.82 Å². The number of hydrogen-bond donors (Lipinski definition) is 0. The number of fused-ring (bicyclic) bond motifs is 1. The summed E-state index contributed by atoms with van der Waals surface area (Å²) >= 11 is 0. The SMILES string of the molecule is CC(=O)C1CCCn2nc(C3CCC3)nc21. The van der Waals surface area contributed by atoms with E-state index < -0.39 is 0 Å². The van der Waals surface area contributed by atoms with Crippen LogP contribution in [-0.4, -0.2) is 20.5 Å². The van der Waals surface area contributed by atoms with Crippen LogP contribution < -0.4 is 0 Å². The van der Waals surface area contributed by atoms with Crippen molar-refractivity contribution in [3.8, 4) is 0 Å². The third-order valence-corrected chi connectivity index (χ3v) is 3.85. The highest BCUT2D eigenvalue weighted by Crippen LogP contribution is 2.36. The molecule has 2 heterocycles. The lowest BCUT2D eigenvalue weighted by molar-refractivity contribution is -0.119. The highest BCUT2D eigenvalue weighted by Gasteiger charge is 2.31. The number of carbonyl (C=O) groups is 1. The molecule has 0 spiro atoms. The average Bonchev–Trinajstić information content (AvgIpc) is 2.56. The third kappa shape index (κ3) is 1.47. The highest BCUT2D eigenvalue weighted by atomic mass is 16.1. The van der Waals surface area contributed by atoms with Crippen LogP contribution in [0.4, 0.5) is 0 Å². The molecule has 1 aromatic rings. The van der Waals surface area contributed by atoms with E-state index in [9.17, 15) is 4.79 Å². The molecule has 1 aliphatic heterocycles. The van der Waals surface area contributed by atoms with Crippen LogP contribution in [0.5, 0.6) is 0 Å². The number of ketones is 1. The largest absolute Gasteiger partial charge is 0.299 e. The van der Waals surface area contributed by atoms with Crippen LogP contribution in [0.15, 0.2) is 0 Å². The van der Waals surface area contributed by atoms with Gasteiger partial charge in [-0.05, 0) is 32.6 Å². The van der Waals surface area contributed by atoms with Gasteiger partial charge in [-0.25, -0.2) is 9.67 Å². The van der Waals surface area contributed by atoms with Crippen molar-refractivity contribution < 1.29 is 4.79 Å². The minimum Gasteiger partial charge on any atom is -0.299 e. The topological polar surface area (TPSA) is 47.8 Å². The van der Waals surface area contributed by atoms with Crippen molar-refractivity contribution in [1.82, 2.24) is 14.8 Å². The van der Waals surface area contributed by atoms with Crippen molar-refractivity contribution in [3.63, 3.8) is 0 Å². The summed E-state index contributed by atoms with van der Waals surface area (Å²) in [7, 11) is 0. The second-order valence-corrected chi connectivity index (χ2v) is 4.98. The maximum absolute atomic E-state index is 11.5. The van der Waals surface area contributed by atoms with Gasteiger partial charge >= 0.3 is 0 Å². The van der Waals surface area contributed by atoms with E-state index in [-0.39, 0.29) is 11.7 Å². The van der Waals surface area contributed by atoms with Gasteiger partial charge in [0.05, 0.1) is 5.92 Å². The zero-order chi connectivity index (χ0) is 11.1. The van der Waals surface area contributed by atoms with Crippen LogP contribution in [0, 0.1) is 0 Å². The Balaban J connectivity index is 1.94. The van der Waals surface area contributed by atoms with Gasteiger partial charge in [0.2, 0.25) is 0 Å². The number of Topliss-reactive ketones (excluding diaryl/α,β-unsaturated/α-hetero) is 1. The standard InChI is InChI=1S/C12H17N3O/c1-8(16)10-6-3-7-15-12(10)13-11(14-15)9-4-2-5-9/h9-10H,2-7H2,1H3. The van der Waals surface area contributed by atoms with Crippen molar-refractivity contribution in [3.05, 3.63) is 11.6 Å². The maximum Gasteiger partial charge on any atom is 0.154 e. The molecule has 1 fully saturated rings. The molecule has 86 valence electrons. The van der Waals surface area contributed by atoms with Gasteiger partial charge in [-0.1, -0.05) is 6.42 Å². The van der Waals surface area contributed by atoms with Gasteiger partial charge in [0, 0.05) is 12.5 Å². The van der Waals surface area contributed by atoms with Gasteiger partial charge < -0.3 is 0 Å². The Kier molecular flexibility index (Phi) is 2.30. The van der Waals surface area contributed by atoms with Crippen molar-refractivity contribution in [2.45, 2.75) is 57.4 Å². The molecule has 3 rings (SSSR count). The maximum atomic E-state index is 11.5. The van der Waals surface area contributed by atoms with Gasteiger partial charge in [-0.3, -0.25) is 4.79 Å². The summed E-state index contributed by atoms with van der Waals surface area (Å²) in [5.74, 6) is 2.68. The average molecular weight is 219 g/mol. The monoisotopic (exact) mass is 219 g/mol. The molecule has 0 radical (unpaired) electrons. The molecule has 4 heteroatoms. The fourth-order valence-electron chi connectivity index (χ4n) is 2.59. The number of hydrogen-bond acceptors (Lipinski definition) is 3. The fraction of sp³-hybridized carbons (Fsp3) is 0.750. The van der Waals surface area contributed by atoms with Crippen LogP contribution in [0.2, 0.25) is 0 Å². The first-order chi connectivity index (χ1) is 7.75. The van der Waals surface area contributed by atoms with Crippen molar-refractivity contribution in [2.75, 3.05) is 0 Å². The predicted octanol–water partition coefficient (Wildman–Crippen LogP) is 2.01. The van der Waals surface area contributed by atoms with Crippen LogP contribution in [0.3, 0.4) is 0 Å². The van der Waals surface area contributed by atoms with Gasteiger partial charge in [-0.2, -0.15) is 5.10 Å². The number of nitrogens with zero attached hydrogens (tertiary/aromatic N) is 3. The van der Waals surface area contributed by atoms with Crippen molar-refractivity contribution in [1.29, 1.82) is 0 Å². The van der Waals surface area contributed by atoms with E-state index in [1.54, 1.807) is 6.92 Å². The van der Waals surface area contributed by atoms with Gasteiger partial charge in [0.25, 0.3) is 0 Å². The van der Waals surface area contributed by atoms with Gasteiger partial charge in [-0.15, -0.1) is 0 Å². The van der Waals surface area contributed by atoms with Crippen molar-refractivity contribution >= 4 is 5.78 Å². The quantitative estimate of drug-likeness (QED) is 0.764. The molecule has 0 N–H and O–H groups in total. The fourth-order valence-corrected chi connectivity index (χ4v) is 2.59. The van der Waals surface area contributed by atoms with E-state index in [1.807, 2.05) is 4.68 Å². The number of aryl methyl sites for hydroxylation is 1. The molecule has 1 unspecified atom stereocenters. The first-order valence-electron chi connectivity index (χ1n) is 6.21. The Hall–Kier alpha value is -1.19. The second-order valence-electron chi connectivity index (χ2n) is 4.98. The zero-order valence-corrected chi connectivity index (χ0v) is 9.65. The molecule has 0 aromatic carbocycles. The van der Waals surface area contributed by atoms with E-state index in [4.69, 9.17) is 0 Å². The summed E-state index contributed by atoms with van der Waals surface area (Å²) in [6.45, 7) is 2.59. The van der Waals surface area contributed by atoms with E-state index in [1.165, 1.54) is 19.3 Å². The molecule has 1 saturated carbocycles. The molecule has 1 aliphatic carbocycles. The first-order valence-corrected chi connectivity index (χ1v) is 6.21. The Bertz CT molecular complexity index is 420. The third-order valence-electron chi connectivity index (χ3n) is 3.85. The van der Waals surface area contributed by atoms with Crippen LogP contribution in [0.25, 0.3) is 0 Å². The van der Waals surface area contributed by atoms with Crippen LogP contribution in [0.1, 0.15) is 62.5 Å². The molecule has 1 aromatic heterocycles. The van der Waals surface area contributed by atoms with Gasteiger partial charge in [0.1, 0.15) is 11.6 Å². The minimum atomic E-state index is -0.00456. The van der Waals surface area contributed by atoms with E-state index in [0.29, 0.717) is 5.92 Å². The molecule has 0 bridgehead atoms. The van der Waals surface area contributed by atoms with E-state index in [0.717, 1.165) is 31.0 Å². The van der Waals surface area contributed by atoms with Crippen LogP contribution in [-0.2, 0) is 11.3 Å². The Labute approximate surface area is 95.1 Å². The summed E-state index contributed by atoms with van der Waals surface area (Å²) in [6.07, 6.45) is 5.72. The Morgan fingerprint density at radius 3 is 2.75 bits per heavy atom. The van der Waals surface area contributed by atoms with Crippen LogP contribution >= 0.6 is 0 Å². The zero-order valence-electron chi connectivity index (χ0n) is 9.65. The molecular formula is C12H17N3O. The predicted molar refractivity (Wildman–Crippen MR) is 59.3 cm³/mol. The molecule has 0 amide bonds. The summed E-state index contributed by atoms with van der Waals surface area (Å²) in [4.78, 5) is 16.1. The normalized spacial score (nSPS) is 24.9. The lowest BCUT2D eigenvalue weighted by Crippen LogP contribution is -2.21.